The Kier molecular flexibility index (Phi) is 5.90. The van der Waals surface area contributed by atoms with Crippen LogP contribution in [0.2, 0.25) is 0 Å². The van der Waals surface area contributed by atoms with Crippen molar-refractivity contribution in [2.45, 2.75) is 32.8 Å². The van der Waals surface area contributed by atoms with Gasteiger partial charge in [0, 0.05) is 6.07 Å². The molecule has 0 aliphatic carbocycles. The van der Waals surface area contributed by atoms with Crippen molar-refractivity contribution in [3.8, 4) is 11.5 Å². The molecular formula is C22H24O6. The SMILES string of the molecule is C=C(C)[C@H](O)CC/C(C)=C/COc1c2occc2c(OC)c2ccc(=O)oc12. The molecule has 0 saturated carbocycles. The van der Waals surface area contributed by atoms with Gasteiger partial charge < -0.3 is 23.4 Å². The zero-order chi connectivity index (χ0) is 20.3. The van der Waals surface area contributed by atoms with Crippen LogP contribution in [-0.2, 0) is 0 Å². The first-order chi connectivity index (χ1) is 13.4. The molecule has 3 aromatic rings. The highest BCUT2D eigenvalue weighted by Gasteiger charge is 2.20. The Labute approximate surface area is 162 Å². The summed E-state index contributed by atoms with van der Waals surface area (Å²) >= 11 is 0. The lowest BCUT2D eigenvalue weighted by molar-refractivity contribution is 0.201. The first-order valence-electron chi connectivity index (χ1n) is 9.05. The zero-order valence-corrected chi connectivity index (χ0v) is 16.3. The lowest BCUT2D eigenvalue weighted by Crippen LogP contribution is -2.07. The van der Waals surface area contributed by atoms with Crippen LogP contribution in [-0.4, -0.2) is 24.9 Å². The van der Waals surface area contributed by atoms with Crippen LogP contribution < -0.4 is 15.1 Å². The minimum Gasteiger partial charge on any atom is -0.495 e. The van der Waals surface area contributed by atoms with Crippen LogP contribution >= 0.6 is 0 Å². The summed E-state index contributed by atoms with van der Waals surface area (Å²) in [5.74, 6) is 0.926. The van der Waals surface area contributed by atoms with Gasteiger partial charge in [-0.3, -0.25) is 0 Å². The lowest BCUT2D eigenvalue weighted by atomic mass is 10.0. The summed E-state index contributed by atoms with van der Waals surface area (Å²) in [4.78, 5) is 11.8. The Hall–Kier alpha value is -2.99. The molecule has 0 fully saturated rings. The fraction of sp³-hybridized carbons (Fsp3) is 0.318. The lowest BCUT2D eigenvalue weighted by Gasteiger charge is -2.12. The number of methoxy groups -OCH3 is 1. The summed E-state index contributed by atoms with van der Waals surface area (Å²) in [5, 5.41) is 11.2. The van der Waals surface area contributed by atoms with Gasteiger partial charge in [0.2, 0.25) is 5.75 Å². The van der Waals surface area contributed by atoms with E-state index in [1.807, 2.05) is 19.9 Å². The molecule has 2 heterocycles. The van der Waals surface area contributed by atoms with E-state index < -0.39 is 11.7 Å². The van der Waals surface area contributed by atoms with Crippen LogP contribution in [0.25, 0.3) is 21.9 Å². The number of allylic oxidation sites excluding steroid dienone is 1. The largest absolute Gasteiger partial charge is 0.495 e. The van der Waals surface area contributed by atoms with Crippen molar-refractivity contribution in [3.05, 3.63) is 58.7 Å². The summed E-state index contributed by atoms with van der Waals surface area (Å²) in [7, 11) is 1.55. The summed E-state index contributed by atoms with van der Waals surface area (Å²) in [6.07, 6.45) is 4.30. The molecule has 0 saturated heterocycles. The number of fused-ring (bicyclic) bond motifs is 2. The minimum absolute atomic E-state index is 0.269. The van der Waals surface area contributed by atoms with Crippen molar-refractivity contribution in [3.63, 3.8) is 0 Å². The number of furan rings is 1. The number of hydrogen-bond acceptors (Lipinski definition) is 6. The van der Waals surface area contributed by atoms with E-state index in [1.54, 1.807) is 19.2 Å². The molecule has 6 heteroatoms. The Morgan fingerprint density at radius 2 is 1.96 bits per heavy atom. The second-order valence-corrected chi connectivity index (χ2v) is 6.79. The van der Waals surface area contributed by atoms with Crippen molar-refractivity contribution >= 4 is 21.9 Å². The van der Waals surface area contributed by atoms with Gasteiger partial charge in [0.15, 0.2) is 11.2 Å². The maximum absolute atomic E-state index is 11.8. The van der Waals surface area contributed by atoms with Crippen LogP contribution in [0.4, 0.5) is 0 Å². The standard InChI is InChI=1S/C22H24O6/c1-13(2)17(23)7-5-14(3)9-11-27-22-20-16(10-12-26-20)19(25-4)15-6-8-18(24)28-21(15)22/h6,8-10,12,17,23H,1,5,7,11H2,2-4H3/b14-9+/t17-/m1/s1. The minimum atomic E-state index is -0.508. The van der Waals surface area contributed by atoms with Gasteiger partial charge in [-0.2, -0.15) is 0 Å². The summed E-state index contributed by atoms with van der Waals surface area (Å²) in [5.41, 5.74) is 2.10. The number of hydrogen-bond donors (Lipinski definition) is 1. The Morgan fingerprint density at radius 1 is 1.21 bits per heavy atom. The van der Waals surface area contributed by atoms with Crippen molar-refractivity contribution < 1.29 is 23.4 Å². The van der Waals surface area contributed by atoms with Crippen molar-refractivity contribution in [1.82, 2.24) is 0 Å². The van der Waals surface area contributed by atoms with Crippen LogP contribution in [0.5, 0.6) is 11.5 Å². The molecule has 28 heavy (non-hydrogen) atoms. The van der Waals surface area contributed by atoms with E-state index in [4.69, 9.17) is 18.3 Å². The molecule has 0 unspecified atom stereocenters. The molecule has 0 bridgehead atoms. The molecule has 2 aromatic heterocycles. The van der Waals surface area contributed by atoms with E-state index in [-0.39, 0.29) is 12.2 Å². The van der Waals surface area contributed by atoms with E-state index in [2.05, 4.69) is 6.58 Å². The average Bonchev–Trinajstić information content (AvgIpc) is 3.15. The van der Waals surface area contributed by atoms with Crippen molar-refractivity contribution in [1.29, 1.82) is 0 Å². The zero-order valence-electron chi connectivity index (χ0n) is 16.3. The Balaban J connectivity index is 1.89. The third-order valence-electron chi connectivity index (χ3n) is 4.64. The van der Waals surface area contributed by atoms with Gasteiger partial charge in [-0.25, -0.2) is 4.79 Å². The topological polar surface area (TPSA) is 82.0 Å². The molecule has 0 spiro atoms. The first-order valence-corrected chi connectivity index (χ1v) is 9.05. The van der Waals surface area contributed by atoms with E-state index in [0.29, 0.717) is 28.9 Å². The molecular weight excluding hydrogens is 360 g/mol. The van der Waals surface area contributed by atoms with E-state index in [1.165, 1.54) is 12.3 Å². The fourth-order valence-electron chi connectivity index (χ4n) is 3.01. The normalized spacial score (nSPS) is 13.1. The number of rotatable bonds is 8. The second kappa shape index (κ2) is 8.35. The van der Waals surface area contributed by atoms with Crippen LogP contribution in [0.3, 0.4) is 0 Å². The second-order valence-electron chi connectivity index (χ2n) is 6.79. The van der Waals surface area contributed by atoms with Gasteiger partial charge in [0.05, 0.1) is 30.2 Å². The van der Waals surface area contributed by atoms with Gasteiger partial charge in [-0.15, -0.1) is 0 Å². The first kappa shape index (κ1) is 19.8. The average molecular weight is 384 g/mol. The van der Waals surface area contributed by atoms with Gasteiger partial charge in [0.1, 0.15) is 12.4 Å². The molecule has 1 atom stereocenters. The summed E-state index contributed by atoms with van der Waals surface area (Å²) < 4.78 is 22.4. The van der Waals surface area contributed by atoms with Crippen LogP contribution in [0.1, 0.15) is 26.7 Å². The number of benzene rings is 1. The predicted octanol–water partition coefficient (Wildman–Crippen LogP) is 4.59. The van der Waals surface area contributed by atoms with Crippen LogP contribution in [0.15, 0.2) is 61.9 Å². The van der Waals surface area contributed by atoms with Gasteiger partial charge in [-0.05, 0) is 44.9 Å². The summed E-state index contributed by atoms with van der Waals surface area (Å²) in [6, 6.07) is 4.78. The highest BCUT2D eigenvalue weighted by Crippen LogP contribution is 2.42. The third-order valence-corrected chi connectivity index (χ3v) is 4.64. The number of ether oxygens (including phenoxy) is 2. The van der Waals surface area contributed by atoms with Crippen molar-refractivity contribution in [2.75, 3.05) is 13.7 Å². The molecule has 0 radical (unpaired) electrons. The molecule has 3 rings (SSSR count). The molecule has 0 amide bonds. The highest BCUT2D eigenvalue weighted by atomic mass is 16.5. The summed E-state index contributed by atoms with van der Waals surface area (Å²) in [6.45, 7) is 7.81. The van der Waals surface area contributed by atoms with Crippen molar-refractivity contribution in [2.24, 2.45) is 0 Å². The van der Waals surface area contributed by atoms with Gasteiger partial charge >= 0.3 is 5.63 Å². The van der Waals surface area contributed by atoms with E-state index in [9.17, 15) is 9.90 Å². The maximum Gasteiger partial charge on any atom is 0.336 e. The quantitative estimate of drug-likeness (QED) is 0.452. The van der Waals surface area contributed by atoms with E-state index in [0.717, 1.165) is 23.0 Å². The number of aliphatic hydroxyl groups is 1. The van der Waals surface area contributed by atoms with E-state index >= 15 is 0 Å². The van der Waals surface area contributed by atoms with Gasteiger partial charge in [-0.1, -0.05) is 17.7 Å². The van der Waals surface area contributed by atoms with Gasteiger partial charge in [0.25, 0.3) is 0 Å². The molecule has 6 nitrogen and oxygen atoms in total. The highest BCUT2D eigenvalue weighted by molar-refractivity contribution is 6.06. The Morgan fingerprint density at radius 3 is 2.68 bits per heavy atom. The third kappa shape index (κ3) is 3.97. The smallest absolute Gasteiger partial charge is 0.336 e. The maximum atomic E-state index is 11.8. The predicted molar refractivity (Wildman–Crippen MR) is 108 cm³/mol. The Bertz CT molecular complexity index is 1090. The number of aliphatic hydroxyl groups excluding tert-OH is 1. The fourth-order valence-corrected chi connectivity index (χ4v) is 3.01. The molecule has 1 N–H and O–H groups in total. The monoisotopic (exact) mass is 384 g/mol. The molecule has 148 valence electrons. The molecule has 0 aliphatic heterocycles. The molecule has 0 aliphatic rings. The van der Waals surface area contributed by atoms with Crippen LogP contribution in [0, 0.1) is 0 Å². The molecule has 1 aromatic carbocycles.